The Kier molecular flexibility index (Phi) is 4.93. The summed E-state index contributed by atoms with van der Waals surface area (Å²) in [5.41, 5.74) is -0.559. The Balaban J connectivity index is 2.57. The minimum atomic E-state index is -0.559. The lowest BCUT2D eigenvalue weighted by molar-refractivity contribution is -0.123. The molecule has 1 aliphatic rings. The Morgan fingerprint density at radius 3 is 2.79 bits per heavy atom. The van der Waals surface area contributed by atoms with E-state index >= 15 is 0 Å². The molecule has 104 valence electrons. The number of amides is 2. The molecule has 0 aromatic heterocycles. The molecular weight excluding hydrogens is 246 g/mol. The molecule has 0 radical (unpaired) electrons. The fourth-order valence-electron chi connectivity index (χ4n) is 1.63. The van der Waals surface area contributed by atoms with E-state index in [1.807, 2.05) is 6.07 Å². The number of nitrogens with one attached hydrogen (secondary N) is 1. The van der Waals surface area contributed by atoms with Crippen LogP contribution in [0.1, 0.15) is 20.8 Å². The fraction of sp³-hybridized carbons (Fsp3) is 0.615. The van der Waals surface area contributed by atoms with E-state index < -0.39 is 17.6 Å². The van der Waals surface area contributed by atoms with Gasteiger partial charge in [0.15, 0.2) is 0 Å². The molecule has 1 unspecified atom stereocenters. The maximum Gasteiger partial charge on any atom is 0.410 e. The van der Waals surface area contributed by atoms with Gasteiger partial charge in [-0.05, 0) is 20.8 Å². The molecule has 0 aromatic carbocycles. The number of hydrogen-bond acceptors (Lipinski definition) is 4. The Bertz CT molecular complexity index is 418. The Hall–Kier alpha value is -2.03. The molecule has 19 heavy (non-hydrogen) atoms. The largest absolute Gasteiger partial charge is 0.444 e. The van der Waals surface area contributed by atoms with E-state index in [0.717, 1.165) is 0 Å². The van der Waals surface area contributed by atoms with Crippen LogP contribution >= 0.6 is 0 Å². The summed E-state index contributed by atoms with van der Waals surface area (Å²) in [6.45, 7) is 6.04. The second-order valence-electron chi connectivity index (χ2n) is 5.30. The maximum atomic E-state index is 11.9. The van der Waals surface area contributed by atoms with Gasteiger partial charge in [0.1, 0.15) is 12.1 Å². The van der Waals surface area contributed by atoms with Gasteiger partial charge in [-0.3, -0.25) is 4.79 Å². The number of nitriles is 1. The van der Waals surface area contributed by atoms with E-state index in [-0.39, 0.29) is 19.0 Å². The lowest BCUT2D eigenvalue weighted by atomic mass is 10.0. The summed E-state index contributed by atoms with van der Waals surface area (Å²) in [5, 5.41) is 10.9. The summed E-state index contributed by atoms with van der Waals surface area (Å²) in [6.07, 6.45) is 3.06. The van der Waals surface area contributed by atoms with Gasteiger partial charge in [-0.25, -0.2) is 4.79 Å². The third-order valence-corrected chi connectivity index (χ3v) is 2.44. The molecule has 0 saturated carbocycles. The number of hydrogen-bond donors (Lipinski definition) is 1. The predicted molar refractivity (Wildman–Crippen MR) is 69.1 cm³/mol. The summed E-state index contributed by atoms with van der Waals surface area (Å²) in [7, 11) is 0. The molecular formula is C13H19N3O3. The molecule has 0 aliphatic carbocycles. The standard InChI is InChI=1S/C13H19N3O3/c1-13(2,3)19-12(18)16-8-4-5-10(9-16)11(17)15-7-6-14/h4-5,10H,7-9H2,1-3H3,(H,15,17). The van der Waals surface area contributed by atoms with Crippen LogP contribution in [0.15, 0.2) is 12.2 Å². The van der Waals surface area contributed by atoms with Crippen LogP contribution in [-0.2, 0) is 9.53 Å². The first-order valence-corrected chi connectivity index (χ1v) is 6.13. The number of rotatable bonds is 2. The second-order valence-corrected chi connectivity index (χ2v) is 5.30. The van der Waals surface area contributed by atoms with Gasteiger partial charge < -0.3 is 15.0 Å². The van der Waals surface area contributed by atoms with Crippen LogP contribution in [0, 0.1) is 17.2 Å². The molecule has 1 N–H and O–H groups in total. The molecule has 6 heteroatoms. The van der Waals surface area contributed by atoms with Gasteiger partial charge in [0, 0.05) is 13.1 Å². The Labute approximate surface area is 113 Å². The molecule has 0 bridgehead atoms. The highest BCUT2D eigenvalue weighted by molar-refractivity contribution is 5.82. The van der Waals surface area contributed by atoms with Crippen LogP contribution in [0.3, 0.4) is 0 Å². The smallest absolute Gasteiger partial charge is 0.410 e. The minimum absolute atomic E-state index is 0.0321. The van der Waals surface area contributed by atoms with E-state index in [1.165, 1.54) is 4.90 Å². The topological polar surface area (TPSA) is 82.4 Å². The van der Waals surface area contributed by atoms with Crippen molar-refractivity contribution < 1.29 is 14.3 Å². The van der Waals surface area contributed by atoms with Crippen molar-refractivity contribution >= 4 is 12.0 Å². The van der Waals surface area contributed by atoms with Crippen molar-refractivity contribution in [3.05, 3.63) is 12.2 Å². The number of nitrogens with zero attached hydrogens (tertiary/aromatic N) is 2. The molecule has 0 fully saturated rings. The number of ether oxygens (including phenoxy) is 1. The van der Waals surface area contributed by atoms with Gasteiger partial charge in [0.05, 0.1) is 12.0 Å². The van der Waals surface area contributed by atoms with Crippen LogP contribution in [0.4, 0.5) is 4.79 Å². The fourth-order valence-corrected chi connectivity index (χ4v) is 1.63. The highest BCUT2D eigenvalue weighted by Gasteiger charge is 2.28. The summed E-state index contributed by atoms with van der Waals surface area (Å²) >= 11 is 0. The third-order valence-electron chi connectivity index (χ3n) is 2.44. The van der Waals surface area contributed by atoms with Crippen molar-refractivity contribution in [3.63, 3.8) is 0 Å². The average Bonchev–Trinajstić information content (AvgIpc) is 2.34. The van der Waals surface area contributed by atoms with E-state index in [1.54, 1.807) is 32.9 Å². The van der Waals surface area contributed by atoms with Gasteiger partial charge >= 0.3 is 6.09 Å². The van der Waals surface area contributed by atoms with Crippen LogP contribution in [0.2, 0.25) is 0 Å². The lowest BCUT2D eigenvalue weighted by Gasteiger charge is -2.30. The zero-order valence-corrected chi connectivity index (χ0v) is 11.5. The van der Waals surface area contributed by atoms with E-state index in [0.29, 0.717) is 6.54 Å². The summed E-state index contributed by atoms with van der Waals surface area (Å²) in [6, 6.07) is 1.84. The SMILES string of the molecule is CC(C)(C)OC(=O)N1CC=CC(C(=O)NCC#N)C1. The van der Waals surface area contributed by atoms with Gasteiger partial charge in [0.2, 0.25) is 5.91 Å². The Morgan fingerprint density at radius 2 is 2.21 bits per heavy atom. The van der Waals surface area contributed by atoms with Crippen LogP contribution in [0.25, 0.3) is 0 Å². The quantitative estimate of drug-likeness (QED) is 0.597. The molecule has 1 rings (SSSR count). The molecule has 1 atom stereocenters. The minimum Gasteiger partial charge on any atom is -0.444 e. The van der Waals surface area contributed by atoms with Gasteiger partial charge in [-0.1, -0.05) is 12.2 Å². The molecule has 1 heterocycles. The van der Waals surface area contributed by atoms with Crippen LogP contribution in [-0.4, -0.2) is 42.1 Å². The van der Waals surface area contributed by atoms with Crippen LogP contribution in [0.5, 0.6) is 0 Å². The molecule has 0 spiro atoms. The van der Waals surface area contributed by atoms with Crippen molar-refractivity contribution in [1.29, 1.82) is 5.26 Å². The molecule has 1 aliphatic heterocycles. The van der Waals surface area contributed by atoms with Crippen molar-refractivity contribution in [2.45, 2.75) is 26.4 Å². The van der Waals surface area contributed by atoms with Crippen molar-refractivity contribution in [2.24, 2.45) is 5.92 Å². The third kappa shape index (κ3) is 5.00. The van der Waals surface area contributed by atoms with Crippen molar-refractivity contribution in [1.82, 2.24) is 10.2 Å². The maximum absolute atomic E-state index is 11.9. The predicted octanol–water partition coefficient (Wildman–Crippen LogP) is 1.05. The van der Waals surface area contributed by atoms with E-state index in [2.05, 4.69) is 5.32 Å². The highest BCUT2D eigenvalue weighted by Crippen LogP contribution is 2.15. The first kappa shape index (κ1) is 15.0. The molecule has 0 saturated heterocycles. The number of carbonyl (C=O) groups excluding carboxylic acids is 2. The van der Waals surface area contributed by atoms with Gasteiger partial charge in [-0.15, -0.1) is 0 Å². The normalized spacial score (nSPS) is 18.6. The summed E-state index contributed by atoms with van der Waals surface area (Å²) in [5.74, 6) is -0.694. The average molecular weight is 265 g/mol. The van der Waals surface area contributed by atoms with Crippen molar-refractivity contribution in [3.8, 4) is 6.07 Å². The van der Waals surface area contributed by atoms with E-state index in [4.69, 9.17) is 10.00 Å². The number of carbonyl (C=O) groups is 2. The van der Waals surface area contributed by atoms with E-state index in [9.17, 15) is 9.59 Å². The van der Waals surface area contributed by atoms with Gasteiger partial charge in [0.25, 0.3) is 0 Å². The molecule has 6 nitrogen and oxygen atoms in total. The highest BCUT2D eigenvalue weighted by atomic mass is 16.6. The molecule has 0 aromatic rings. The molecule has 2 amide bonds. The monoisotopic (exact) mass is 265 g/mol. The first-order valence-electron chi connectivity index (χ1n) is 6.13. The van der Waals surface area contributed by atoms with Crippen molar-refractivity contribution in [2.75, 3.05) is 19.6 Å². The summed E-state index contributed by atoms with van der Waals surface area (Å²) < 4.78 is 5.26. The summed E-state index contributed by atoms with van der Waals surface area (Å²) in [4.78, 5) is 25.1. The zero-order chi connectivity index (χ0) is 14.5. The second kappa shape index (κ2) is 6.23. The first-order chi connectivity index (χ1) is 8.83. The Morgan fingerprint density at radius 1 is 1.53 bits per heavy atom. The zero-order valence-electron chi connectivity index (χ0n) is 11.5. The van der Waals surface area contributed by atoms with Crippen LogP contribution < -0.4 is 5.32 Å². The van der Waals surface area contributed by atoms with Gasteiger partial charge in [-0.2, -0.15) is 5.26 Å². The lowest BCUT2D eigenvalue weighted by Crippen LogP contribution is -2.45.